The van der Waals surface area contributed by atoms with Crippen LogP contribution in [0, 0.1) is 0 Å². The zero-order chi connectivity index (χ0) is 22.4. The van der Waals surface area contributed by atoms with Crippen molar-refractivity contribution in [2.24, 2.45) is 0 Å². The molecule has 0 bridgehead atoms. The number of unbranched alkanes of at least 4 members (excludes halogenated alkanes) is 3. The quantitative estimate of drug-likeness (QED) is 0.471. The number of carbonyl (C=O) groups is 2. The van der Waals surface area contributed by atoms with Gasteiger partial charge in [-0.2, -0.15) is 5.10 Å². The Bertz CT molecular complexity index is 974. The third-order valence-corrected chi connectivity index (χ3v) is 6.09. The number of likely N-dealkylation sites (tertiary alicyclic amines) is 1. The van der Waals surface area contributed by atoms with Crippen LogP contribution < -0.4 is 5.56 Å². The molecule has 1 aromatic heterocycles. The normalized spacial score (nSPS) is 18.9. The minimum atomic E-state index is -0.677. The molecule has 31 heavy (non-hydrogen) atoms. The number of hydrogen-bond donors (Lipinski definition) is 0. The van der Waals surface area contributed by atoms with E-state index in [1.165, 1.54) is 4.68 Å². The van der Waals surface area contributed by atoms with Crippen molar-refractivity contribution in [2.75, 3.05) is 6.61 Å². The second kappa shape index (κ2) is 10.6. The molecule has 2 aromatic rings. The maximum Gasteiger partial charge on any atom is 0.359 e. The third-order valence-electron chi connectivity index (χ3n) is 6.09. The first kappa shape index (κ1) is 23.0. The van der Waals surface area contributed by atoms with Crippen LogP contribution in [0.2, 0.25) is 0 Å². The van der Waals surface area contributed by atoms with Crippen molar-refractivity contribution in [3.05, 3.63) is 40.3 Å². The Morgan fingerprint density at radius 1 is 1.06 bits per heavy atom. The first-order valence-corrected chi connectivity index (χ1v) is 11.4. The van der Waals surface area contributed by atoms with Crippen molar-refractivity contribution < 1.29 is 14.3 Å². The van der Waals surface area contributed by atoms with E-state index >= 15 is 0 Å². The highest BCUT2D eigenvalue weighted by molar-refractivity contribution is 6.02. The minimum absolute atomic E-state index is 0.0817. The van der Waals surface area contributed by atoms with E-state index in [0.717, 1.165) is 44.9 Å². The molecule has 0 N–H and O–H groups in total. The first-order chi connectivity index (χ1) is 14.9. The van der Waals surface area contributed by atoms with Crippen molar-refractivity contribution in [3.8, 4) is 0 Å². The number of rotatable bonds is 8. The summed E-state index contributed by atoms with van der Waals surface area (Å²) in [6.07, 6.45) is 7.02. The van der Waals surface area contributed by atoms with E-state index in [9.17, 15) is 14.4 Å². The molecule has 3 rings (SSSR count). The molecule has 2 unspecified atom stereocenters. The summed E-state index contributed by atoms with van der Waals surface area (Å²) in [5.41, 5.74) is -0.131. The fraction of sp³-hybridized carbons (Fsp3) is 0.583. The van der Waals surface area contributed by atoms with Gasteiger partial charge in [0.05, 0.1) is 5.39 Å². The van der Waals surface area contributed by atoms with Crippen molar-refractivity contribution in [3.63, 3.8) is 0 Å². The zero-order valence-corrected chi connectivity index (χ0v) is 18.8. The van der Waals surface area contributed by atoms with Crippen molar-refractivity contribution in [2.45, 2.75) is 84.3 Å². The molecule has 1 fully saturated rings. The fourth-order valence-electron chi connectivity index (χ4n) is 4.41. The van der Waals surface area contributed by atoms with Gasteiger partial charge in [-0.1, -0.05) is 44.4 Å². The van der Waals surface area contributed by atoms with Crippen molar-refractivity contribution in [1.29, 1.82) is 0 Å². The van der Waals surface area contributed by atoms with Gasteiger partial charge in [-0.05, 0) is 45.6 Å². The van der Waals surface area contributed by atoms with Crippen LogP contribution in [-0.4, -0.2) is 45.2 Å². The van der Waals surface area contributed by atoms with E-state index in [1.54, 1.807) is 24.3 Å². The lowest BCUT2D eigenvalue weighted by Gasteiger charge is -2.38. The molecule has 7 heteroatoms. The number of aryl methyl sites for hydroxylation is 1. The highest BCUT2D eigenvalue weighted by atomic mass is 16.5. The molecule has 1 aromatic carbocycles. The number of amides is 1. The molecule has 0 spiro atoms. The van der Waals surface area contributed by atoms with Crippen LogP contribution in [0.4, 0.5) is 0 Å². The maximum absolute atomic E-state index is 12.9. The second-order valence-corrected chi connectivity index (χ2v) is 8.49. The van der Waals surface area contributed by atoms with Gasteiger partial charge < -0.3 is 9.64 Å². The predicted molar refractivity (Wildman–Crippen MR) is 120 cm³/mol. The SMILES string of the molecule is CCCCCCn1nc(C(=O)OCC(=O)N2C(C)CCCC2C)c2ccccc2c1=O. The summed E-state index contributed by atoms with van der Waals surface area (Å²) in [5, 5.41) is 5.21. The summed E-state index contributed by atoms with van der Waals surface area (Å²) < 4.78 is 6.73. The molecule has 0 saturated carbocycles. The van der Waals surface area contributed by atoms with Gasteiger partial charge in [0, 0.05) is 24.0 Å². The van der Waals surface area contributed by atoms with E-state index in [-0.39, 0.29) is 35.9 Å². The smallest absolute Gasteiger partial charge is 0.359 e. The summed E-state index contributed by atoms with van der Waals surface area (Å²) in [6, 6.07) is 7.19. The van der Waals surface area contributed by atoms with Crippen LogP contribution in [0.1, 0.15) is 76.2 Å². The topological polar surface area (TPSA) is 81.5 Å². The van der Waals surface area contributed by atoms with E-state index in [4.69, 9.17) is 4.74 Å². The summed E-state index contributed by atoms with van der Waals surface area (Å²) in [6.45, 7) is 6.31. The number of nitrogens with zero attached hydrogens (tertiary/aromatic N) is 3. The van der Waals surface area contributed by atoms with Gasteiger partial charge in [-0.15, -0.1) is 0 Å². The molecular weight excluding hydrogens is 394 g/mol. The lowest BCUT2D eigenvalue weighted by molar-refractivity contribution is -0.140. The molecular formula is C24H33N3O4. The second-order valence-electron chi connectivity index (χ2n) is 8.49. The lowest BCUT2D eigenvalue weighted by atomic mass is 9.97. The van der Waals surface area contributed by atoms with Crippen LogP contribution in [0.15, 0.2) is 29.1 Å². The van der Waals surface area contributed by atoms with Crippen molar-refractivity contribution in [1.82, 2.24) is 14.7 Å². The first-order valence-electron chi connectivity index (χ1n) is 11.4. The maximum atomic E-state index is 12.9. The number of hydrogen-bond acceptors (Lipinski definition) is 5. The number of fused-ring (bicyclic) bond motifs is 1. The Hall–Kier alpha value is -2.70. The van der Waals surface area contributed by atoms with Gasteiger partial charge in [0.15, 0.2) is 12.3 Å². The van der Waals surface area contributed by atoms with Crippen molar-refractivity contribution >= 4 is 22.6 Å². The van der Waals surface area contributed by atoms with Crippen LogP contribution >= 0.6 is 0 Å². The molecule has 0 aliphatic carbocycles. The average molecular weight is 428 g/mol. The minimum Gasteiger partial charge on any atom is -0.451 e. The van der Waals surface area contributed by atoms with Gasteiger partial charge in [0.25, 0.3) is 11.5 Å². The number of aromatic nitrogens is 2. The largest absolute Gasteiger partial charge is 0.451 e. The Morgan fingerprint density at radius 2 is 1.74 bits per heavy atom. The van der Waals surface area contributed by atoms with E-state index in [0.29, 0.717) is 17.3 Å². The summed E-state index contributed by atoms with van der Waals surface area (Å²) in [4.78, 5) is 40.2. The average Bonchev–Trinajstić information content (AvgIpc) is 2.76. The molecule has 7 nitrogen and oxygen atoms in total. The van der Waals surface area contributed by atoms with Crippen LogP contribution in [0.3, 0.4) is 0 Å². The molecule has 1 aliphatic heterocycles. The number of carbonyl (C=O) groups excluding carboxylic acids is 2. The standard InChI is InChI=1S/C24H33N3O4/c1-4-5-6-9-15-26-23(29)20-14-8-7-13-19(20)22(25-26)24(30)31-16-21(28)27-17(2)11-10-12-18(27)3/h7-8,13-14,17-18H,4-6,9-12,15-16H2,1-3H3. The lowest BCUT2D eigenvalue weighted by Crippen LogP contribution is -2.49. The van der Waals surface area contributed by atoms with E-state index < -0.39 is 5.97 Å². The predicted octanol–water partition coefficient (Wildman–Crippen LogP) is 3.92. The molecule has 2 heterocycles. The molecule has 1 aliphatic rings. The van der Waals surface area contributed by atoms with E-state index in [2.05, 4.69) is 12.0 Å². The van der Waals surface area contributed by atoms with Gasteiger partial charge >= 0.3 is 5.97 Å². The number of benzene rings is 1. The highest BCUT2D eigenvalue weighted by Gasteiger charge is 2.30. The van der Waals surface area contributed by atoms with Gasteiger partial charge in [-0.25, -0.2) is 9.48 Å². The van der Waals surface area contributed by atoms with Crippen LogP contribution in [-0.2, 0) is 16.1 Å². The van der Waals surface area contributed by atoms with Crippen LogP contribution in [0.25, 0.3) is 10.8 Å². The number of piperidine rings is 1. The molecule has 2 atom stereocenters. The molecule has 1 saturated heterocycles. The number of ether oxygens (including phenoxy) is 1. The summed E-state index contributed by atoms with van der Waals surface area (Å²) in [5.74, 6) is -0.866. The van der Waals surface area contributed by atoms with Gasteiger partial charge in [-0.3, -0.25) is 9.59 Å². The fourth-order valence-corrected chi connectivity index (χ4v) is 4.41. The molecule has 1 amide bonds. The Kier molecular flexibility index (Phi) is 7.82. The molecule has 168 valence electrons. The molecule has 0 radical (unpaired) electrons. The highest BCUT2D eigenvalue weighted by Crippen LogP contribution is 2.23. The Balaban J connectivity index is 1.78. The zero-order valence-electron chi connectivity index (χ0n) is 18.8. The summed E-state index contributed by atoms with van der Waals surface area (Å²) in [7, 11) is 0. The Labute approximate surface area is 183 Å². The third kappa shape index (κ3) is 5.32. The van der Waals surface area contributed by atoms with Gasteiger partial charge in [0.1, 0.15) is 0 Å². The number of esters is 1. The summed E-state index contributed by atoms with van der Waals surface area (Å²) >= 11 is 0. The van der Waals surface area contributed by atoms with Gasteiger partial charge in [0.2, 0.25) is 0 Å². The van der Waals surface area contributed by atoms with Crippen LogP contribution in [0.5, 0.6) is 0 Å². The van der Waals surface area contributed by atoms with E-state index in [1.807, 2.05) is 18.7 Å². The Morgan fingerprint density at radius 3 is 2.42 bits per heavy atom. The monoisotopic (exact) mass is 427 g/mol.